The highest BCUT2D eigenvalue weighted by molar-refractivity contribution is 6.24. The van der Waals surface area contributed by atoms with Gasteiger partial charge in [-0.3, -0.25) is 0 Å². The topological polar surface area (TPSA) is 6.48 Å². The van der Waals surface area contributed by atoms with Gasteiger partial charge in [0.15, 0.2) is 0 Å². The summed E-state index contributed by atoms with van der Waals surface area (Å²) < 4.78 is 0. The molecule has 0 bridgehead atoms. The first-order valence-corrected chi connectivity index (χ1v) is 20.9. The van der Waals surface area contributed by atoms with Crippen LogP contribution in [0.25, 0.3) is 54.6 Å². The molecule has 2 aliphatic carbocycles. The molecule has 0 aromatic heterocycles. The highest BCUT2D eigenvalue weighted by Gasteiger charge is 2.60. The first-order chi connectivity index (χ1) is 27.2. The van der Waals surface area contributed by atoms with E-state index in [1.165, 1.54) is 127 Å². The Kier molecular flexibility index (Phi) is 6.43. The zero-order valence-corrected chi connectivity index (χ0v) is 33.0. The summed E-state index contributed by atoms with van der Waals surface area (Å²) in [6, 6.07) is 55.9. The number of hydrogen-bond acceptors (Lipinski definition) is 2. The van der Waals surface area contributed by atoms with Gasteiger partial charge in [-0.15, -0.1) is 0 Å². The molecule has 0 saturated heterocycles. The quantitative estimate of drug-likeness (QED) is 0.167. The van der Waals surface area contributed by atoms with Gasteiger partial charge in [-0.1, -0.05) is 99.5 Å². The van der Waals surface area contributed by atoms with E-state index in [0.717, 1.165) is 0 Å². The molecule has 0 amide bonds. The molecule has 0 radical (unpaired) electrons. The largest absolute Gasteiger partial charge is 0.334 e. The van der Waals surface area contributed by atoms with Gasteiger partial charge in [-0.05, 0) is 178 Å². The fourth-order valence-electron chi connectivity index (χ4n) is 12.6. The van der Waals surface area contributed by atoms with Gasteiger partial charge in [-0.2, -0.15) is 0 Å². The maximum absolute atomic E-state index is 2.65. The minimum Gasteiger partial charge on any atom is -0.334 e. The molecular formula is C54H48N2. The van der Waals surface area contributed by atoms with E-state index >= 15 is 0 Å². The molecule has 2 aliphatic heterocycles. The van der Waals surface area contributed by atoms with Crippen LogP contribution < -0.4 is 9.80 Å². The van der Waals surface area contributed by atoms with Crippen LogP contribution in [0.1, 0.15) is 77.3 Å². The molecule has 2 heteroatoms. The molecule has 8 aromatic rings. The Hall–Kier alpha value is -5.60. The molecule has 0 N–H and O–H groups in total. The Morgan fingerprint density at radius 1 is 0.375 bits per heavy atom. The van der Waals surface area contributed by atoms with E-state index in [9.17, 15) is 0 Å². The monoisotopic (exact) mass is 724 g/mol. The summed E-state index contributed by atoms with van der Waals surface area (Å²) in [6.07, 6.45) is 7.40. The smallest absolute Gasteiger partial charge is 0.0517 e. The Morgan fingerprint density at radius 2 is 0.750 bits per heavy atom. The molecule has 8 aromatic carbocycles. The predicted octanol–water partition coefficient (Wildman–Crippen LogP) is 14.6. The van der Waals surface area contributed by atoms with Crippen molar-refractivity contribution in [3.8, 4) is 22.3 Å². The van der Waals surface area contributed by atoms with E-state index in [0.29, 0.717) is 0 Å². The first kappa shape index (κ1) is 32.6. The number of hydrogen-bond donors (Lipinski definition) is 0. The average molecular weight is 725 g/mol. The SMILES string of the molecule is CC12CCCC1(C)N(c1ccccc1)c1ccc(-c3cc4ccc5cc(-c6ccc7c(c6)C6(C)CCCC6(C)N7c6ccccc6)cc6ccc(c3)c4c56)cc12. The molecule has 4 unspecified atom stereocenters. The molecule has 4 atom stereocenters. The first-order valence-electron chi connectivity index (χ1n) is 20.9. The van der Waals surface area contributed by atoms with Gasteiger partial charge in [0.05, 0.1) is 11.1 Å². The number of nitrogens with zero attached hydrogens (tertiary/aromatic N) is 2. The molecule has 2 fully saturated rings. The summed E-state index contributed by atoms with van der Waals surface area (Å²) in [5, 5.41) is 8.03. The van der Waals surface area contributed by atoms with E-state index in [1.807, 2.05) is 0 Å². The highest BCUT2D eigenvalue weighted by Crippen LogP contribution is 2.64. The zero-order chi connectivity index (χ0) is 37.6. The van der Waals surface area contributed by atoms with Crippen molar-refractivity contribution in [1.29, 1.82) is 0 Å². The average Bonchev–Trinajstić information content (AvgIpc) is 3.83. The minimum absolute atomic E-state index is 0.0684. The third-order valence-electron chi connectivity index (χ3n) is 15.9. The van der Waals surface area contributed by atoms with Crippen LogP contribution in [0.2, 0.25) is 0 Å². The van der Waals surface area contributed by atoms with Gasteiger partial charge >= 0.3 is 0 Å². The van der Waals surface area contributed by atoms with Crippen molar-refractivity contribution in [2.75, 3.05) is 9.80 Å². The van der Waals surface area contributed by atoms with Crippen molar-refractivity contribution >= 4 is 55.1 Å². The van der Waals surface area contributed by atoms with Crippen LogP contribution in [0, 0.1) is 0 Å². The van der Waals surface area contributed by atoms with Crippen LogP contribution in [-0.4, -0.2) is 11.1 Å². The lowest BCUT2D eigenvalue weighted by molar-refractivity contribution is 0.330. The van der Waals surface area contributed by atoms with Crippen molar-refractivity contribution in [2.45, 2.75) is 88.1 Å². The van der Waals surface area contributed by atoms with Crippen LogP contribution >= 0.6 is 0 Å². The Labute approximate surface area is 330 Å². The third kappa shape index (κ3) is 4.02. The number of rotatable bonds is 4. The predicted molar refractivity (Wildman–Crippen MR) is 237 cm³/mol. The molecule has 0 spiro atoms. The standard InChI is InChI=1S/C54H48N2/c1-51-25-11-27-53(51,3)55(43-13-7-5-8-14-43)47-23-21-35(33-45(47)51)41-29-37-17-19-39-31-42(32-40-20-18-38(30-41)49(37)50(39)40)36-22-24-48-46(34-36)52(2)26-12-28-54(52,4)56(48)44-15-9-6-10-16-44/h5-10,13-24,29-34H,11-12,25-28H2,1-4H3. The van der Waals surface area contributed by atoms with Crippen molar-refractivity contribution < 1.29 is 0 Å². The Bertz CT molecular complexity index is 2630. The Balaban J connectivity index is 0.950. The van der Waals surface area contributed by atoms with Crippen molar-refractivity contribution in [3.05, 3.63) is 157 Å². The van der Waals surface area contributed by atoms with Gasteiger partial charge in [-0.25, -0.2) is 0 Å². The summed E-state index contributed by atoms with van der Waals surface area (Å²) >= 11 is 0. The lowest BCUT2D eigenvalue weighted by Gasteiger charge is -2.42. The van der Waals surface area contributed by atoms with E-state index in [1.54, 1.807) is 0 Å². The summed E-state index contributed by atoms with van der Waals surface area (Å²) in [7, 11) is 0. The molecule has 4 aliphatic rings. The van der Waals surface area contributed by atoms with E-state index in [-0.39, 0.29) is 21.9 Å². The lowest BCUT2D eigenvalue weighted by atomic mass is 9.72. The van der Waals surface area contributed by atoms with Gasteiger partial charge < -0.3 is 9.80 Å². The third-order valence-corrected chi connectivity index (χ3v) is 15.9. The lowest BCUT2D eigenvalue weighted by Crippen LogP contribution is -2.48. The minimum atomic E-state index is 0.0684. The highest BCUT2D eigenvalue weighted by atomic mass is 15.3. The Morgan fingerprint density at radius 3 is 1.12 bits per heavy atom. The van der Waals surface area contributed by atoms with Crippen LogP contribution in [0.3, 0.4) is 0 Å². The molecule has 2 nitrogen and oxygen atoms in total. The number of fused-ring (bicyclic) bond motifs is 6. The molecule has 2 heterocycles. The van der Waals surface area contributed by atoms with Gasteiger partial charge in [0.2, 0.25) is 0 Å². The zero-order valence-electron chi connectivity index (χ0n) is 33.0. The van der Waals surface area contributed by atoms with E-state index in [2.05, 4.69) is 183 Å². The summed E-state index contributed by atoms with van der Waals surface area (Å²) in [5.74, 6) is 0. The summed E-state index contributed by atoms with van der Waals surface area (Å²) in [4.78, 5) is 5.31. The maximum Gasteiger partial charge on any atom is 0.0517 e. The van der Waals surface area contributed by atoms with E-state index < -0.39 is 0 Å². The van der Waals surface area contributed by atoms with Crippen molar-refractivity contribution in [3.63, 3.8) is 0 Å². The van der Waals surface area contributed by atoms with Crippen LogP contribution in [-0.2, 0) is 10.8 Å². The molecule has 12 rings (SSSR count). The van der Waals surface area contributed by atoms with Crippen LogP contribution in [0.4, 0.5) is 22.7 Å². The number of anilines is 4. The second-order valence-electron chi connectivity index (χ2n) is 18.5. The van der Waals surface area contributed by atoms with Crippen molar-refractivity contribution in [2.24, 2.45) is 0 Å². The van der Waals surface area contributed by atoms with Crippen molar-refractivity contribution in [1.82, 2.24) is 0 Å². The van der Waals surface area contributed by atoms with Crippen LogP contribution in [0.15, 0.2) is 146 Å². The fourth-order valence-corrected chi connectivity index (χ4v) is 12.6. The summed E-state index contributed by atoms with van der Waals surface area (Å²) in [6.45, 7) is 10.0. The number of benzene rings is 8. The second kappa shape index (κ2) is 11.0. The molecule has 2 saturated carbocycles. The van der Waals surface area contributed by atoms with Gasteiger partial charge in [0.1, 0.15) is 0 Å². The van der Waals surface area contributed by atoms with E-state index in [4.69, 9.17) is 0 Å². The molecule has 56 heavy (non-hydrogen) atoms. The molecular weight excluding hydrogens is 677 g/mol. The second-order valence-corrected chi connectivity index (χ2v) is 18.5. The normalized spacial score (nSPS) is 26.4. The maximum atomic E-state index is 2.65. The molecule has 274 valence electrons. The number of para-hydroxylation sites is 2. The fraction of sp³-hybridized carbons (Fsp3) is 0.259. The van der Waals surface area contributed by atoms with Crippen LogP contribution in [0.5, 0.6) is 0 Å². The van der Waals surface area contributed by atoms with Gasteiger partial charge in [0.25, 0.3) is 0 Å². The summed E-state index contributed by atoms with van der Waals surface area (Å²) in [5.41, 5.74) is 14.0. The van der Waals surface area contributed by atoms with Gasteiger partial charge in [0, 0.05) is 33.6 Å².